The standard InChI is InChI=1S/C38H25NS/c1-4-12-26(13-5-1)30-22-31(27-14-6-2-7-15-27)24-32(23-30)39-34-19-11-10-18-33(34)37-35(39)21-20-29-25-36(40-38(29)37)28-16-8-3-9-17-28/h1-25H. The number of benzene rings is 6. The molecule has 0 radical (unpaired) electrons. The molecule has 188 valence electrons. The van der Waals surface area contributed by atoms with Gasteiger partial charge in [0.25, 0.3) is 0 Å². The second kappa shape index (κ2) is 9.37. The Bertz CT molecular complexity index is 2080. The Hall–Kier alpha value is -4.92. The van der Waals surface area contributed by atoms with E-state index in [0.29, 0.717) is 0 Å². The van der Waals surface area contributed by atoms with Crippen LogP contribution in [0.25, 0.3) is 70.3 Å². The first-order chi connectivity index (χ1) is 19.8. The van der Waals surface area contributed by atoms with Crippen molar-refractivity contribution in [1.29, 1.82) is 0 Å². The van der Waals surface area contributed by atoms with Crippen LogP contribution in [0.4, 0.5) is 0 Å². The monoisotopic (exact) mass is 527 g/mol. The molecule has 0 unspecified atom stereocenters. The Morgan fingerprint density at radius 3 is 1.65 bits per heavy atom. The molecule has 40 heavy (non-hydrogen) atoms. The fourth-order valence-electron chi connectivity index (χ4n) is 5.91. The third kappa shape index (κ3) is 3.77. The lowest BCUT2D eigenvalue weighted by atomic mass is 9.98. The van der Waals surface area contributed by atoms with Gasteiger partial charge in [0.1, 0.15) is 0 Å². The van der Waals surface area contributed by atoms with E-state index in [2.05, 4.69) is 156 Å². The molecule has 2 aromatic heterocycles. The predicted octanol–water partition coefficient (Wildman–Crippen LogP) is 11.0. The Balaban J connectivity index is 1.43. The molecule has 2 heterocycles. The molecular weight excluding hydrogens is 502 g/mol. The summed E-state index contributed by atoms with van der Waals surface area (Å²) >= 11 is 1.89. The van der Waals surface area contributed by atoms with E-state index in [1.54, 1.807) is 0 Å². The minimum atomic E-state index is 1.17. The van der Waals surface area contributed by atoms with Gasteiger partial charge in [0.15, 0.2) is 0 Å². The molecule has 8 rings (SSSR count). The highest BCUT2D eigenvalue weighted by atomic mass is 32.1. The molecule has 0 spiro atoms. The van der Waals surface area contributed by atoms with Crippen LogP contribution in [-0.2, 0) is 0 Å². The highest BCUT2D eigenvalue weighted by molar-refractivity contribution is 7.23. The summed E-state index contributed by atoms with van der Waals surface area (Å²) in [5.41, 5.74) is 9.77. The maximum atomic E-state index is 2.45. The largest absolute Gasteiger partial charge is 0.309 e. The van der Waals surface area contributed by atoms with Gasteiger partial charge < -0.3 is 4.57 Å². The second-order valence-corrected chi connectivity index (χ2v) is 11.3. The summed E-state index contributed by atoms with van der Waals surface area (Å²) in [6, 6.07) is 54.8. The average Bonchev–Trinajstić information content (AvgIpc) is 3.62. The molecule has 0 saturated carbocycles. The summed E-state index contributed by atoms with van der Waals surface area (Å²) in [6.07, 6.45) is 0. The maximum absolute atomic E-state index is 2.45. The Morgan fingerprint density at radius 2 is 1.00 bits per heavy atom. The number of nitrogens with zero attached hydrogens (tertiary/aromatic N) is 1. The van der Waals surface area contributed by atoms with Gasteiger partial charge in [0.2, 0.25) is 0 Å². The number of thiophene rings is 1. The van der Waals surface area contributed by atoms with Crippen molar-refractivity contribution in [1.82, 2.24) is 4.57 Å². The van der Waals surface area contributed by atoms with Crippen molar-refractivity contribution >= 4 is 43.2 Å². The Morgan fingerprint density at radius 1 is 0.425 bits per heavy atom. The van der Waals surface area contributed by atoms with Crippen molar-refractivity contribution in [2.75, 3.05) is 0 Å². The van der Waals surface area contributed by atoms with Crippen LogP contribution >= 0.6 is 11.3 Å². The molecule has 0 bridgehead atoms. The van der Waals surface area contributed by atoms with E-state index in [0.717, 1.165) is 0 Å². The van der Waals surface area contributed by atoms with Crippen molar-refractivity contribution in [2.24, 2.45) is 0 Å². The van der Waals surface area contributed by atoms with Crippen molar-refractivity contribution in [3.05, 3.63) is 152 Å². The zero-order chi connectivity index (χ0) is 26.5. The molecule has 0 aliphatic heterocycles. The van der Waals surface area contributed by atoms with Gasteiger partial charge in [-0.1, -0.05) is 115 Å². The third-order valence-corrected chi connectivity index (χ3v) is 8.99. The number of hydrogen-bond donors (Lipinski definition) is 0. The molecule has 1 nitrogen and oxygen atoms in total. The van der Waals surface area contributed by atoms with Gasteiger partial charge in [0, 0.05) is 26.0 Å². The zero-order valence-electron chi connectivity index (χ0n) is 21.8. The van der Waals surface area contributed by atoms with Gasteiger partial charge in [-0.15, -0.1) is 11.3 Å². The molecule has 0 fully saturated rings. The van der Waals surface area contributed by atoms with E-state index in [4.69, 9.17) is 0 Å². The van der Waals surface area contributed by atoms with E-state index >= 15 is 0 Å². The number of para-hydroxylation sites is 1. The number of hydrogen-bond acceptors (Lipinski definition) is 1. The topological polar surface area (TPSA) is 4.93 Å². The van der Waals surface area contributed by atoms with Crippen molar-refractivity contribution < 1.29 is 0 Å². The molecule has 8 aromatic rings. The van der Waals surface area contributed by atoms with Gasteiger partial charge in [-0.3, -0.25) is 0 Å². The molecule has 6 aromatic carbocycles. The fraction of sp³-hybridized carbons (Fsp3) is 0. The van der Waals surface area contributed by atoms with E-state index in [9.17, 15) is 0 Å². The Kier molecular flexibility index (Phi) is 5.39. The van der Waals surface area contributed by atoms with Gasteiger partial charge in [-0.2, -0.15) is 0 Å². The van der Waals surface area contributed by atoms with Crippen LogP contribution in [0.5, 0.6) is 0 Å². The number of fused-ring (bicyclic) bond motifs is 5. The molecule has 0 aliphatic carbocycles. The minimum Gasteiger partial charge on any atom is -0.309 e. The van der Waals surface area contributed by atoms with Crippen LogP contribution in [0.1, 0.15) is 0 Å². The number of aromatic nitrogens is 1. The lowest BCUT2D eigenvalue weighted by Crippen LogP contribution is -1.96. The van der Waals surface area contributed by atoms with Gasteiger partial charge >= 0.3 is 0 Å². The predicted molar refractivity (Wildman–Crippen MR) is 172 cm³/mol. The lowest BCUT2D eigenvalue weighted by molar-refractivity contribution is 1.18. The molecular formula is C38H25NS. The van der Waals surface area contributed by atoms with Gasteiger partial charge in [0.05, 0.1) is 11.0 Å². The summed E-state index contributed by atoms with van der Waals surface area (Å²) < 4.78 is 3.79. The molecule has 0 aliphatic rings. The van der Waals surface area contributed by atoms with E-state index < -0.39 is 0 Å². The third-order valence-electron chi connectivity index (χ3n) is 7.77. The summed E-state index contributed by atoms with van der Waals surface area (Å²) in [5, 5.41) is 3.91. The van der Waals surface area contributed by atoms with E-state index in [1.165, 1.54) is 70.3 Å². The molecule has 0 atom stereocenters. The molecule has 0 amide bonds. The molecule has 2 heteroatoms. The summed E-state index contributed by atoms with van der Waals surface area (Å²) in [6.45, 7) is 0. The Labute approximate surface area is 237 Å². The van der Waals surface area contributed by atoms with Crippen molar-refractivity contribution in [3.63, 3.8) is 0 Å². The summed E-state index contributed by atoms with van der Waals surface area (Å²) in [5.74, 6) is 0. The van der Waals surface area contributed by atoms with Crippen LogP contribution in [-0.4, -0.2) is 4.57 Å². The highest BCUT2D eigenvalue weighted by Crippen LogP contribution is 2.43. The lowest BCUT2D eigenvalue weighted by Gasteiger charge is -2.14. The van der Waals surface area contributed by atoms with Crippen LogP contribution < -0.4 is 0 Å². The average molecular weight is 528 g/mol. The zero-order valence-corrected chi connectivity index (χ0v) is 22.6. The van der Waals surface area contributed by atoms with Crippen LogP contribution in [0.15, 0.2) is 152 Å². The summed E-state index contributed by atoms with van der Waals surface area (Å²) in [4.78, 5) is 1.30. The summed E-state index contributed by atoms with van der Waals surface area (Å²) in [7, 11) is 0. The highest BCUT2D eigenvalue weighted by Gasteiger charge is 2.18. The van der Waals surface area contributed by atoms with E-state index in [-0.39, 0.29) is 0 Å². The quantitative estimate of drug-likeness (QED) is 0.214. The van der Waals surface area contributed by atoms with Gasteiger partial charge in [-0.25, -0.2) is 0 Å². The first kappa shape index (κ1) is 23.0. The second-order valence-electron chi connectivity index (χ2n) is 10.2. The molecule has 0 saturated heterocycles. The first-order valence-corrected chi connectivity index (χ1v) is 14.4. The van der Waals surface area contributed by atoms with Crippen molar-refractivity contribution in [3.8, 4) is 38.4 Å². The SMILES string of the molecule is c1ccc(-c2cc(-c3ccccc3)cc(-n3c4ccccc4c4c5sc(-c6ccccc6)cc5ccc43)c2)cc1. The fourth-order valence-corrected chi connectivity index (χ4v) is 7.13. The maximum Gasteiger partial charge on any atom is 0.0555 e. The van der Waals surface area contributed by atoms with E-state index in [1.807, 2.05) is 11.3 Å². The normalized spacial score (nSPS) is 11.5. The smallest absolute Gasteiger partial charge is 0.0555 e. The molecule has 0 N–H and O–H groups in total. The van der Waals surface area contributed by atoms with Crippen LogP contribution in [0, 0.1) is 0 Å². The first-order valence-electron chi connectivity index (χ1n) is 13.6. The van der Waals surface area contributed by atoms with Crippen LogP contribution in [0.2, 0.25) is 0 Å². The van der Waals surface area contributed by atoms with Crippen molar-refractivity contribution in [2.45, 2.75) is 0 Å². The van der Waals surface area contributed by atoms with Gasteiger partial charge in [-0.05, 0) is 69.6 Å². The number of rotatable bonds is 4. The van der Waals surface area contributed by atoms with Crippen LogP contribution in [0.3, 0.4) is 0 Å². The minimum absolute atomic E-state index is 1.17.